The van der Waals surface area contributed by atoms with Crippen molar-refractivity contribution in [1.82, 2.24) is 10.2 Å². The van der Waals surface area contributed by atoms with Crippen molar-refractivity contribution in [3.8, 4) is 0 Å². The molecule has 29 heavy (non-hydrogen) atoms. The van der Waals surface area contributed by atoms with E-state index in [2.05, 4.69) is 5.32 Å². The van der Waals surface area contributed by atoms with Gasteiger partial charge in [-0.25, -0.2) is 16.8 Å². The fourth-order valence-corrected chi connectivity index (χ4v) is 6.26. The Kier molecular flexibility index (Phi) is 5.65. The van der Waals surface area contributed by atoms with Gasteiger partial charge in [0.15, 0.2) is 9.84 Å². The van der Waals surface area contributed by atoms with Crippen LogP contribution in [0.15, 0.2) is 18.2 Å². The van der Waals surface area contributed by atoms with E-state index < -0.39 is 31.8 Å². The van der Waals surface area contributed by atoms with E-state index in [1.54, 1.807) is 26.0 Å². The van der Waals surface area contributed by atoms with Gasteiger partial charge in [0.25, 0.3) is 5.91 Å². The third-order valence-corrected chi connectivity index (χ3v) is 8.11. The number of hydrogen-bond donors (Lipinski definition) is 1. The van der Waals surface area contributed by atoms with Crippen LogP contribution in [0.4, 0.5) is 5.69 Å². The second-order valence-corrected chi connectivity index (χ2v) is 11.8. The molecule has 0 radical (unpaired) electrons. The number of carbonyl (C=O) groups is 2. The van der Waals surface area contributed by atoms with Crippen molar-refractivity contribution in [2.75, 3.05) is 35.2 Å². The van der Waals surface area contributed by atoms with Crippen LogP contribution in [-0.2, 0) is 31.1 Å². The Morgan fingerprint density at radius 2 is 1.83 bits per heavy atom. The maximum Gasteiger partial charge on any atom is 0.251 e. The maximum absolute atomic E-state index is 12.6. The minimum absolute atomic E-state index is 0.0702. The lowest BCUT2D eigenvalue weighted by atomic mass is 10.1. The van der Waals surface area contributed by atoms with Crippen molar-refractivity contribution in [2.45, 2.75) is 32.4 Å². The van der Waals surface area contributed by atoms with Gasteiger partial charge in [-0.15, -0.1) is 0 Å². The van der Waals surface area contributed by atoms with Crippen molar-refractivity contribution in [1.29, 1.82) is 0 Å². The van der Waals surface area contributed by atoms with E-state index in [9.17, 15) is 26.4 Å². The van der Waals surface area contributed by atoms with Gasteiger partial charge in [0.05, 0.1) is 23.4 Å². The summed E-state index contributed by atoms with van der Waals surface area (Å²) in [5.41, 5.74) is 1.66. The summed E-state index contributed by atoms with van der Waals surface area (Å²) in [6.07, 6.45) is 1.65. The van der Waals surface area contributed by atoms with Crippen molar-refractivity contribution >= 4 is 37.4 Å². The van der Waals surface area contributed by atoms with Crippen LogP contribution in [0.3, 0.4) is 0 Å². The summed E-state index contributed by atoms with van der Waals surface area (Å²) in [5.74, 6) is -0.909. The molecule has 9 nitrogen and oxygen atoms in total. The minimum atomic E-state index is -3.41. The van der Waals surface area contributed by atoms with Crippen LogP contribution < -0.4 is 9.62 Å². The predicted octanol–water partition coefficient (Wildman–Crippen LogP) is -0.227. The number of nitrogens with zero attached hydrogens (tertiary/aromatic N) is 2. The van der Waals surface area contributed by atoms with Crippen LogP contribution in [0.2, 0.25) is 0 Å². The van der Waals surface area contributed by atoms with Gasteiger partial charge in [-0.05, 0) is 44.0 Å². The molecule has 0 aromatic heterocycles. The molecule has 2 atom stereocenters. The predicted molar refractivity (Wildman–Crippen MR) is 109 cm³/mol. The number of benzene rings is 1. The number of rotatable bonds is 4. The number of amides is 2. The van der Waals surface area contributed by atoms with Gasteiger partial charge in [0.2, 0.25) is 15.9 Å². The summed E-state index contributed by atoms with van der Waals surface area (Å²) in [5, 5.41) is 2.65. The average Bonchev–Trinajstić information content (AvgIpc) is 2.95. The lowest BCUT2D eigenvalue weighted by Gasteiger charge is -2.29. The Labute approximate surface area is 171 Å². The van der Waals surface area contributed by atoms with Crippen LogP contribution in [-0.4, -0.2) is 76.5 Å². The molecule has 11 heteroatoms. The average molecular weight is 444 g/mol. The summed E-state index contributed by atoms with van der Waals surface area (Å²) < 4.78 is 48.4. The number of sulfone groups is 1. The molecule has 2 unspecified atom stereocenters. The first-order chi connectivity index (χ1) is 13.4. The Balaban J connectivity index is 1.69. The Morgan fingerprint density at radius 3 is 2.41 bits per heavy atom. The largest absolute Gasteiger partial charge is 0.341 e. The van der Waals surface area contributed by atoms with E-state index in [1.165, 1.54) is 15.3 Å². The Bertz CT molecular complexity index is 1040. The van der Waals surface area contributed by atoms with Crippen LogP contribution in [0.5, 0.6) is 0 Å². The van der Waals surface area contributed by atoms with Crippen molar-refractivity contribution in [3.63, 3.8) is 0 Å². The van der Waals surface area contributed by atoms with Crippen LogP contribution in [0, 0.1) is 0 Å². The van der Waals surface area contributed by atoms with Gasteiger partial charge in [-0.2, -0.15) is 0 Å². The van der Waals surface area contributed by atoms with E-state index in [1.807, 2.05) is 0 Å². The zero-order valence-electron chi connectivity index (χ0n) is 16.6. The van der Waals surface area contributed by atoms with Gasteiger partial charge in [-0.3, -0.25) is 13.9 Å². The molecule has 2 heterocycles. The van der Waals surface area contributed by atoms with Crippen LogP contribution >= 0.6 is 0 Å². The molecular weight excluding hydrogens is 418 g/mol. The molecule has 2 aliphatic rings. The first kappa shape index (κ1) is 21.6. The van der Waals surface area contributed by atoms with Crippen LogP contribution in [0.25, 0.3) is 0 Å². The fourth-order valence-electron chi connectivity index (χ4n) is 3.80. The molecule has 1 aromatic rings. The monoisotopic (exact) mass is 443 g/mol. The number of anilines is 1. The van der Waals surface area contributed by atoms with E-state index in [-0.39, 0.29) is 36.5 Å². The molecule has 2 amide bonds. The van der Waals surface area contributed by atoms with Gasteiger partial charge in [0, 0.05) is 24.7 Å². The highest BCUT2D eigenvalue weighted by Crippen LogP contribution is 2.34. The summed E-state index contributed by atoms with van der Waals surface area (Å²) in [6, 6.07) is 3.76. The molecule has 0 saturated carbocycles. The smallest absolute Gasteiger partial charge is 0.251 e. The van der Waals surface area contributed by atoms with Gasteiger partial charge < -0.3 is 10.2 Å². The topological polar surface area (TPSA) is 121 Å². The lowest BCUT2D eigenvalue weighted by Crippen LogP contribution is -2.51. The number of hydrogen-bond acceptors (Lipinski definition) is 6. The first-order valence-electron chi connectivity index (χ1n) is 9.31. The summed E-state index contributed by atoms with van der Waals surface area (Å²) in [7, 11) is -6.50. The van der Waals surface area contributed by atoms with Gasteiger partial charge in [0.1, 0.15) is 6.04 Å². The Hall–Kier alpha value is -2.14. The molecule has 0 spiro atoms. The standard InChI is InChI=1S/C18H25N3O6S2/c1-12-10-15-11-14(4-5-16(15)21(12)28(3,24)25)17(22)19-13(2)18(23)20-6-8-29(26,27)9-7-20/h4-5,11-13H,6-10H2,1-3H3,(H,19,22). The number of carbonyl (C=O) groups excluding carboxylic acids is 2. The van der Waals surface area contributed by atoms with E-state index in [0.29, 0.717) is 17.7 Å². The Morgan fingerprint density at radius 1 is 1.21 bits per heavy atom. The van der Waals surface area contributed by atoms with E-state index in [4.69, 9.17) is 0 Å². The molecule has 2 aliphatic heterocycles. The SMILES string of the molecule is CC(NC(=O)c1ccc2c(c1)CC(C)N2S(C)(=O)=O)C(=O)N1CCS(=O)(=O)CC1. The van der Waals surface area contributed by atoms with E-state index in [0.717, 1.165) is 11.8 Å². The summed E-state index contributed by atoms with van der Waals surface area (Å²) in [6.45, 7) is 3.61. The molecule has 0 bridgehead atoms. The second kappa shape index (κ2) is 7.60. The number of sulfonamides is 1. The number of nitrogens with one attached hydrogen (secondary N) is 1. The first-order valence-corrected chi connectivity index (χ1v) is 13.0. The molecule has 1 fully saturated rings. The molecular formula is C18H25N3O6S2. The molecule has 1 saturated heterocycles. The zero-order valence-corrected chi connectivity index (χ0v) is 18.2. The molecule has 160 valence electrons. The van der Waals surface area contributed by atoms with Gasteiger partial charge >= 0.3 is 0 Å². The quantitative estimate of drug-likeness (QED) is 0.686. The van der Waals surface area contributed by atoms with Crippen molar-refractivity contribution in [2.24, 2.45) is 0 Å². The third kappa shape index (κ3) is 4.55. The molecule has 1 aromatic carbocycles. The van der Waals surface area contributed by atoms with E-state index >= 15 is 0 Å². The van der Waals surface area contributed by atoms with Crippen molar-refractivity contribution < 1.29 is 26.4 Å². The van der Waals surface area contributed by atoms with Crippen LogP contribution in [0.1, 0.15) is 29.8 Å². The minimum Gasteiger partial charge on any atom is -0.341 e. The molecule has 0 aliphatic carbocycles. The maximum atomic E-state index is 12.6. The lowest BCUT2D eigenvalue weighted by molar-refractivity contribution is -0.132. The number of fused-ring (bicyclic) bond motifs is 1. The molecule has 1 N–H and O–H groups in total. The van der Waals surface area contributed by atoms with Crippen molar-refractivity contribution in [3.05, 3.63) is 29.3 Å². The second-order valence-electron chi connectivity index (χ2n) is 7.63. The summed E-state index contributed by atoms with van der Waals surface area (Å²) >= 11 is 0. The fraction of sp³-hybridized carbons (Fsp3) is 0.556. The summed E-state index contributed by atoms with van der Waals surface area (Å²) in [4.78, 5) is 26.5. The highest BCUT2D eigenvalue weighted by atomic mass is 32.2. The zero-order chi connectivity index (χ0) is 21.6. The highest BCUT2D eigenvalue weighted by Gasteiger charge is 2.33. The third-order valence-electron chi connectivity index (χ3n) is 5.23. The normalized spacial score (nSPS) is 22.1. The highest BCUT2D eigenvalue weighted by molar-refractivity contribution is 7.92. The molecule has 3 rings (SSSR count). The van der Waals surface area contributed by atoms with Gasteiger partial charge in [-0.1, -0.05) is 0 Å².